The summed E-state index contributed by atoms with van der Waals surface area (Å²) in [5.74, 6) is 3.31. The van der Waals surface area contributed by atoms with Gasteiger partial charge in [-0.2, -0.15) is 0 Å². The third kappa shape index (κ3) is 3.28. The van der Waals surface area contributed by atoms with Crippen molar-refractivity contribution in [1.82, 2.24) is 4.98 Å². The first kappa shape index (κ1) is 15.6. The number of rotatable bonds is 4. The van der Waals surface area contributed by atoms with Crippen LogP contribution in [0.2, 0.25) is 0 Å². The van der Waals surface area contributed by atoms with E-state index >= 15 is 0 Å². The highest BCUT2D eigenvalue weighted by Gasteiger charge is 2.21. The first-order valence-electron chi connectivity index (χ1n) is 5.44. The predicted octanol–water partition coefficient (Wildman–Crippen LogP) is 2.21. The van der Waals surface area contributed by atoms with Gasteiger partial charge in [0, 0.05) is 12.3 Å². The zero-order valence-electron chi connectivity index (χ0n) is 10.3. The lowest BCUT2D eigenvalue weighted by Crippen LogP contribution is -2.19. The van der Waals surface area contributed by atoms with E-state index in [4.69, 9.17) is 5.84 Å². The smallest absolute Gasteiger partial charge is 0.265 e. The standard InChI is InChI=1S/C11H9BrF2N4O2S/c12-6-4-8(14)9(5-7(6)13)18-21(19,20)10-2-1-3-16-11(10)17-15/h1-5,18H,15H2,(H,16,17). The molecule has 2 aromatic rings. The fourth-order valence-corrected chi connectivity index (χ4v) is 3.01. The van der Waals surface area contributed by atoms with Crippen LogP contribution in [0.4, 0.5) is 20.3 Å². The molecule has 4 N–H and O–H groups in total. The van der Waals surface area contributed by atoms with Gasteiger partial charge in [-0.15, -0.1) is 0 Å². The Bertz CT molecular complexity index is 786. The molecule has 0 fully saturated rings. The predicted molar refractivity (Wildman–Crippen MR) is 76.9 cm³/mol. The summed E-state index contributed by atoms with van der Waals surface area (Å²) >= 11 is 2.80. The number of hydrazine groups is 1. The van der Waals surface area contributed by atoms with E-state index in [1.165, 1.54) is 18.3 Å². The minimum absolute atomic E-state index is 0.117. The number of hydrogen-bond acceptors (Lipinski definition) is 5. The maximum Gasteiger partial charge on any atom is 0.265 e. The lowest BCUT2D eigenvalue weighted by Gasteiger charge is -2.12. The average molecular weight is 379 g/mol. The Balaban J connectivity index is 2.45. The van der Waals surface area contributed by atoms with Crippen LogP contribution in [0.15, 0.2) is 39.8 Å². The summed E-state index contributed by atoms with van der Waals surface area (Å²) in [6.45, 7) is 0. The molecule has 10 heteroatoms. The lowest BCUT2D eigenvalue weighted by atomic mass is 10.3. The van der Waals surface area contributed by atoms with Gasteiger partial charge < -0.3 is 5.43 Å². The molecular formula is C11H9BrF2N4O2S. The van der Waals surface area contributed by atoms with Crippen molar-refractivity contribution in [3.05, 3.63) is 46.6 Å². The molecule has 21 heavy (non-hydrogen) atoms. The van der Waals surface area contributed by atoms with Gasteiger partial charge in [-0.1, -0.05) is 0 Å². The van der Waals surface area contributed by atoms with Crippen LogP contribution in [0.3, 0.4) is 0 Å². The summed E-state index contributed by atoms with van der Waals surface area (Å²) in [5.41, 5.74) is 1.59. The summed E-state index contributed by atoms with van der Waals surface area (Å²) in [4.78, 5) is 3.43. The average Bonchev–Trinajstić information content (AvgIpc) is 2.44. The Morgan fingerprint density at radius 3 is 2.62 bits per heavy atom. The van der Waals surface area contributed by atoms with Crippen LogP contribution in [-0.2, 0) is 10.0 Å². The quantitative estimate of drug-likeness (QED) is 0.430. The number of pyridine rings is 1. The topological polar surface area (TPSA) is 97.1 Å². The van der Waals surface area contributed by atoms with Crippen molar-refractivity contribution in [2.75, 3.05) is 10.1 Å². The molecule has 0 bridgehead atoms. The monoisotopic (exact) mass is 378 g/mol. The molecule has 0 atom stereocenters. The second-order valence-electron chi connectivity index (χ2n) is 3.85. The molecule has 112 valence electrons. The molecule has 2 rings (SSSR count). The molecule has 6 nitrogen and oxygen atoms in total. The number of nitrogens with one attached hydrogen (secondary N) is 2. The minimum Gasteiger partial charge on any atom is -0.307 e. The van der Waals surface area contributed by atoms with Gasteiger partial charge in [0.05, 0.1) is 10.2 Å². The van der Waals surface area contributed by atoms with Crippen molar-refractivity contribution >= 4 is 37.5 Å². The van der Waals surface area contributed by atoms with E-state index in [2.05, 4.69) is 26.3 Å². The number of benzene rings is 1. The summed E-state index contributed by atoms with van der Waals surface area (Å²) in [6.07, 6.45) is 1.33. The second kappa shape index (κ2) is 5.92. The van der Waals surface area contributed by atoms with Gasteiger partial charge >= 0.3 is 0 Å². The Morgan fingerprint density at radius 1 is 1.24 bits per heavy atom. The van der Waals surface area contributed by atoms with Crippen LogP contribution in [0.25, 0.3) is 0 Å². The zero-order chi connectivity index (χ0) is 15.6. The van der Waals surface area contributed by atoms with E-state index in [1.807, 2.05) is 4.72 Å². The molecule has 0 spiro atoms. The molecule has 0 radical (unpaired) electrons. The molecule has 1 heterocycles. The van der Waals surface area contributed by atoms with E-state index < -0.39 is 27.3 Å². The fourth-order valence-electron chi connectivity index (χ4n) is 1.52. The highest BCUT2D eigenvalue weighted by Crippen LogP contribution is 2.26. The molecule has 0 aliphatic heterocycles. The van der Waals surface area contributed by atoms with Crippen LogP contribution < -0.4 is 16.0 Å². The number of nitrogens with two attached hydrogens (primary N) is 1. The number of aromatic nitrogens is 1. The van der Waals surface area contributed by atoms with Crippen molar-refractivity contribution in [2.24, 2.45) is 5.84 Å². The van der Waals surface area contributed by atoms with Crippen LogP contribution in [-0.4, -0.2) is 13.4 Å². The fraction of sp³-hybridized carbons (Fsp3) is 0. The van der Waals surface area contributed by atoms with E-state index in [1.54, 1.807) is 0 Å². The normalized spacial score (nSPS) is 11.2. The second-order valence-corrected chi connectivity index (χ2v) is 6.35. The molecule has 0 saturated carbocycles. The van der Waals surface area contributed by atoms with Crippen molar-refractivity contribution in [3.63, 3.8) is 0 Å². The van der Waals surface area contributed by atoms with Gasteiger partial charge in [-0.05, 0) is 34.1 Å². The molecule has 0 aliphatic carbocycles. The first-order chi connectivity index (χ1) is 9.85. The summed E-state index contributed by atoms with van der Waals surface area (Å²) in [6, 6.07) is 4.13. The number of anilines is 2. The number of nitrogens with zero attached hydrogens (tertiary/aromatic N) is 1. The van der Waals surface area contributed by atoms with E-state index in [0.717, 1.165) is 12.1 Å². The van der Waals surface area contributed by atoms with Crippen molar-refractivity contribution in [1.29, 1.82) is 0 Å². The van der Waals surface area contributed by atoms with E-state index in [0.29, 0.717) is 0 Å². The Kier molecular flexibility index (Phi) is 4.40. The van der Waals surface area contributed by atoms with Gasteiger partial charge in [-0.3, -0.25) is 4.72 Å². The number of hydrogen-bond donors (Lipinski definition) is 3. The molecule has 0 amide bonds. The van der Waals surface area contributed by atoms with E-state index in [-0.39, 0.29) is 15.2 Å². The van der Waals surface area contributed by atoms with Crippen LogP contribution in [0, 0.1) is 11.6 Å². The molecule has 0 aliphatic rings. The lowest BCUT2D eigenvalue weighted by molar-refractivity contribution is 0.591. The third-order valence-corrected chi connectivity index (χ3v) is 4.46. The molecular weight excluding hydrogens is 370 g/mol. The number of halogens is 3. The Hall–Kier alpha value is -1.78. The Labute approximate surface area is 127 Å². The summed E-state index contributed by atoms with van der Waals surface area (Å²) < 4.78 is 53.3. The van der Waals surface area contributed by atoms with Crippen LogP contribution in [0.1, 0.15) is 0 Å². The van der Waals surface area contributed by atoms with Gasteiger partial charge in [0.15, 0.2) is 5.82 Å². The van der Waals surface area contributed by atoms with Crippen molar-refractivity contribution < 1.29 is 17.2 Å². The van der Waals surface area contributed by atoms with E-state index in [9.17, 15) is 17.2 Å². The maximum absolute atomic E-state index is 13.7. The van der Waals surface area contributed by atoms with Gasteiger partial charge in [0.2, 0.25) is 0 Å². The molecule has 0 unspecified atom stereocenters. The first-order valence-corrected chi connectivity index (χ1v) is 7.72. The molecule has 0 saturated heterocycles. The van der Waals surface area contributed by atoms with Crippen LogP contribution in [0.5, 0.6) is 0 Å². The summed E-state index contributed by atoms with van der Waals surface area (Å²) in [5, 5.41) is 0. The van der Waals surface area contributed by atoms with Gasteiger partial charge in [-0.25, -0.2) is 28.0 Å². The van der Waals surface area contributed by atoms with Gasteiger partial charge in [0.1, 0.15) is 16.5 Å². The Morgan fingerprint density at radius 2 is 1.95 bits per heavy atom. The third-order valence-electron chi connectivity index (χ3n) is 2.45. The minimum atomic E-state index is -4.19. The number of nitrogen functional groups attached to an aromatic ring is 1. The van der Waals surface area contributed by atoms with Crippen molar-refractivity contribution in [2.45, 2.75) is 4.90 Å². The highest BCUT2D eigenvalue weighted by molar-refractivity contribution is 9.10. The van der Waals surface area contributed by atoms with Gasteiger partial charge in [0.25, 0.3) is 10.0 Å². The largest absolute Gasteiger partial charge is 0.307 e. The maximum atomic E-state index is 13.7. The molecule has 1 aromatic heterocycles. The number of sulfonamides is 1. The highest BCUT2D eigenvalue weighted by atomic mass is 79.9. The zero-order valence-corrected chi connectivity index (χ0v) is 12.7. The van der Waals surface area contributed by atoms with Crippen LogP contribution >= 0.6 is 15.9 Å². The molecule has 1 aromatic carbocycles. The van der Waals surface area contributed by atoms with Crippen molar-refractivity contribution in [3.8, 4) is 0 Å². The SMILES string of the molecule is NNc1ncccc1S(=O)(=O)Nc1cc(F)c(Br)cc1F. The summed E-state index contributed by atoms with van der Waals surface area (Å²) in [7, 11) is -4.19.